The van der Waals surface area contributed by atoms with Gasteiger partial charge in [-0.15, -0.1) is 0 Å². The van der Waals surface area contributed by atoms with E-state index in [1.54, 1.807) is 12.1 Å². The fraction of sp³-hybridized carbons (Fsp3) is 0.441. The summed E-state index contributed by atoms with van der Waals surface area (Å²) in [5, 5.41) is 9.49. The van der Waals surface area contributed by atoms with Gasteiger partial charge in [0.25, 0.3) is 0 Å². The maximum atomic E-state index is 15.6. The highest BCUT2D eigenvalue weighted by Crippen LogP contribution is 2.57. The van der Waals surface area contributed by atoms with Crippen LogP contribution in [0.1, 0.15) is 87.8 Å². The van der Waals surface area contributed by atoms with Gasteiger partial charge >= 0.3 is 5.97 Å². The summed E-state index contributed by atoms with van der Waals surface area (Å²) >= 11 is 0. The Kier molecular flexibility index (Phi) is 7.64. The van der Waals surface area contributed by atoms with Crippen LogP contribution in [0.25, 0.3) is 11.1 Å². The fourth-order valence-corrected chi connectivity index (χ4v) is 6.48. The van der Waals surface area contributed by atoms with Gasteiger partial charge in [0.15, 0.2) is 0 Å². The minimum atomic E-state index is -0.818. The van der Waals surface area contributed by atoms with Crippen LogP contribution in [0.3, 0.4) is 0 Å². The second-order valence-corrected chi connectivity index (χ2v) is 12.5. The molecule has 2 saturated carbocycles. The smallest absolute Gasteiger partial charge is 0.303 e. The highest BCUT2D eigenvalue weighted by molar-refractivity contribution is 5.71. The number of aliphatic carboxylic acids is 1. The van der Waals surface area contributed by atoms with Gasteiger partial charge < -0.3 is 14.6 Å². The highest BCUT2D eigenvalue weighted by atomic mass is 19.1. The Morgan fingerprint density at radius 1 is 0.975 bits per heavy atom. The second kappa shape index (κ2) is 10.9. The molecular weight excluding hydrogens is 510 g/mol. The number of ether oxygens (including phenoxy) is 2. The zero-order valence-electron chi connectivity index (χ0n) is 23.7. The van der Waals surface area contributed by atoms with Gasteiger partial charge in [0.05, 0.1) is 13.5 Å². The first-order valence-electron chi connectivity index (χ1n) is 14.1. The van der Waals surface area contributed by atoms with Gasteiger partial charge in [-0.2, -0.15) is 0 Å². The summed E-state index contributed by atoms with van der Waals surface area (Å²) in [5.41, 5.74) is 3.11. The number of carbonyl (C=O) groups is 1. The summed E-state index contributed by atoms with van der Waals surface area (Å²) < 4.78 is 42.1. The van der Waals surface area contributed by atoms with Crippen molar-refractivity contribution >= 4 is 5.97 Å². The van der Waals surface area contributed by atoms with Crippen molar-refractivity contribution in [1.29, 1.82) is 0 Å². The molecule has 3 aromatic rings. The molecule has 0 aliphatic heterocycles. The van der Waals surface area contributed by atoms with Crippen LogP contribution < -0.4 is 9.47 Å². The molecule has 0 spiro atoms. The number of halogens is 2. The predicted octanol–water partition coefficient (Wildman–Crippen LogP) is 8.87. The standard InChI is InChI=1S/C34H38F2O4/c1-33(2)12-6-9-28(33)26-16-22(31(36)18-25(26)27-17-23(39-4)10-11-30(27)35)20-40-24-8-5-7-21(15-24)29(19-32(37)38)34(3)13-14-34/h5,7-8,10-11,15-18,28-29H,6,9,12-14,19-20H2,1-4H3,(H,37,38)/t28-,29+/m0/s1. The van der Waals surface area contributed by atoms with Crippen molar-refractivity contribution in [3.05, 3.63) is 82.9 Å². The van der Waals surface area contributed by atoms with Crippen LogP contribution in [0.2, 0.25) is 0 Å². The van der Waals surface area contributed by atoms with Crippen LogP contribution in [0.15, 0.2) is 54.6 Å². The third-order valence-corrected chi connectivity index (χ3v) is 9.23. The Hall–Kier alpha value is -3.41. The molecule has 4 nitrogen and oxygen atoms in total. The molecule has 3 aromatic carbocycles. The van der Waals surface area contributed by atoms with Gasteiger partial charge in [0.2, 0.25) is 0 Å². The van der Waals surface area contributed by atoms with Gasteiger partial charge in [0, 0.05) is 11.1 Å². The lowest BCUT2D eigenvalue weighted by Gasteiger charge is -2.30. The summed E-state index contributed by atoms with van der Waals surface area (Å²) in [6.07, 6.45) is 5.12. The maximum Gasteiger partial charge on any atom is 0.303 e. The number of hydrogen-bond donors (Lipinski definition) is 1. The second-order valence-electron chi connectivity index (χ2n) is 12.5. The van der Waals surface area contributed by atoms with Crippen molar-refractivity contribution in [3.63, 3.8) is 0 Å². The summed E-state index contributed by atoms with van der Waals surface area (Å²) in [7, 11) is 1.53. The Morgan fingerprint density at radius 3 is 2.40 bits per heavy atom. The van der Waals surface area contributed by atoms with Crippen LogP contribution in [0.4, 0.5) is 8.78 Å². The van der Waals surface area contributed by atoms with Gasteiger partial charge in [0.1, 0.15) is 29.7 Å². The lowest BCUT2D eigenvalue weighted by molar-refractivity contribution is -0.137. The first-order valence-corrected chi connectivity index (χ1v) is 14.1. The lowest BCUT2D eigenvalue weighted by Crippen LogP contribution is -2.17. The quantitative estimate of drug-likeness (QED) is 0.275. The number of carboxylic acid groups (broad SMARTS) is 1. The van der Waals surface area contributed by atoms with Crippen LogP contribution in [-0.2, 0) is 11.4 Å². The summed E-state index contributed by atoms with van der Waals surface area (Å²) in [5.74, 6) is -0.559. The van der Waals surface area contributed by atoms with E-state index in [1.165, 1.54) is 19.2 Å². The zero-order valence-corrected chi connectivity index (χ0v) is 23.7. The Balaban J connectivity index is 1.47. The number of carboxylic acids is 1. The van der Waals surface area contributed by atoms with E-state index in [0.717, 1.165) is 43.2 Å². The first kappa shape index (κ1) is 28.1. The van der Waals surface area contributed by atoms with Crippen LogP contribution in [-0.4, -0.2) is 18.2 Å². The third kappa shape index (κ3) is 5.72. The van der Waals surface area contributed by atoms with Crippen molar-refractivity contribution in [2.24, 2.45) is 10.8 Å². The van der Waals surface area contributed by atoms with E-state index in [9.17, 15) is 9.90 Å². The van der Waals surface area contributed by atoms with E-state index in [1.807, 2.05) is 30.3 Å². The van der Waals surface area contributed by atoms with Crippen molar-refractivity contribution in [2.75, 3.05) is 7.11 Å². The number of benzene rings is 3. The van der Waals surface area contributed by atoms with Crippen LogP contribution in [0, 0.1) is 22.5 Å². The van der Waals surface area contributed by atoms with Gasteiger partial charge in [-0.3, -0.25) is 4.79 Å². The molecule has 2 aliphatic carbocycles. The molecular formula is C34H38F2O4. The maximum absolute atomic E-state index is 15.6. The van der Waals surface area contributed by atoms with E-state index in [0.29, 0.717) is 28.2 Å². The molecule has 5 rings (SSSR count). The van der Waals surface area contributed by atoms with Crippen molar-refractivity contribution < 1.29 is 28.2 Å². The van der Waals surface area contributed by atoms with E-state index in [-0.39, 0.29) is 35.7 Å². The molecule has 212 valence electrons. The minimum absolute atomic E-state index is 0.00749. The molecule has 0 unspecified atom stereocenters. The molecule has 2 aliphatic rings. The number of hydrogen-bond acceptors (Lipinski definition) is 3. The molecule has 6 heteroatoms. The largest absolute Gasteiger partial charge is 0.497 e. The third-order valence-electron chi connectivity index (χ3n) is 9.23. The Bertz CT molecular complexity index is 1410. The topological polar surface area (TPSA) is 55.8 Å². The number of methoxy groups -OCH3 is 1. The van der Waals surface area contributed by atoms with Gasteiger partial charge in [-0.25, -0.2) is 8.78 Å². The molecule has 1 N–H and O–H groups in total. The van der Waals surface area contributed by atoms with Crippen molar-refractivity contribution in [1.82, 2.24) is 0 Å². The summed E-state index contributed by atoms with van der Waals surface area (Å²) in [6.45, 7) is 6.57. The van der Waals surface area contributed by atoms with Crippen LogP contribution >= 0.6 is 0 Å². The molecule has 0 saturated heterocycles. The van der Waals surface area contributed by atoms with Crippen LogP contribution in [0.5, 0.6) is 11.5 Å². The molecule has 2 atom stereocenters. The SMILES string of the molecule is COc1ccc(F)c(-c2cc(F)c(COc3cccc([C@@H](CC(=O)O)C4(C)CC4)c3)cc2[C@@H]2CCCC2(C)C)c1. The van der Waals surface area contributed by atoms with Gasteiger partial charge in [-0.05, 0) is 108 Å². The normalized spacial score (nSPS) is 19.7. The van der Waals surface area contributed by atoms with E-state index in [4.69, 9.17) is 9.47 Å². The average molecular weight is 549 g/mol. The van der Waals surface area contributed by atoms with Gasteiger partial charge in [-0.1, -0.05) is 39.3 Å². The fourth-order valence-electron chi connectivity index (χ4n) is 6.48. The average Bonchev–Trinajstić information content (AvgIpc) is 3.57. The Morgan fingerprint density at radius 2 is 1.75 bits per heavy atom. The van der Waals surface area contributed by atoms with Crippen molar-refractivity contribution in [2.45, 2.75) is 77.7 Å². The monoisotopic (exact) mass is 548 g/mol. The molecule has 0 radical (unpaired) electrons. The van der Waals surface area contributed by atoms with E-state index >= 15 is 8.78 Å². The molecule has 0 amide bonds. The summed E-state index contributed by atoms with van der Waals surface area (Å²) in [4.78, 5) is 11.6. The summed E-state index contributed by atoms with van der Waals surface area (Å²) in [6, 6.07) is 15.4. The molecule has 0 aromatic heterocycles. The minimum Gasteiger partial charge on any atom is -0.497 e. The molecule has 0 bridgehead atoms. The molecule has 2 fully saturated rings. The predicted molar refractivity (Wildman–Crippen MR) is 152 cm³/mol. The van der Waals surface area contributed by atoms with E-state index in [2.05, 4.69) is 20.8 Å². The molecule has 40 heavy (non-hydrogen) atoms. The Labute approximate surface area is 235 Å². The first-order chi connectivity index (χ1) is 19.0. The lowest BCUT2D eigenvalue weighted by atomic mass is 9.75. The highest BCUT2D eigenvalue weighted by Gasteiger charge is 2.46. The number of rotatable bonds is 10. The zero-order chi connectivity index (χ0) is 28.7. The molecule has 0 heterocycles. The van der Waals surface area contributed by atoms with E-state index < -0.39 is 17.6 Å². The van der Waals surface area contributed by atoms with Crippen molar-refractivity contribution in [3.8, 4) is 22.6 Å².